The summed E-state index contributed by atoms with van der Waals surface area (Å²) in [4.78, 5) is 30.7. The van der Waals surface area contributed by atoms with Crippen LogP contribution in [0.15, 0.2) is 42.6 Å². The third kappa shape index (κ3) is 5.01. The maximum Gasteiger partial charge on any atom is 0.270 e. The van der Waals surface area contributed by atoms with E-state index in [1.807, 2.05) is 0 Å². The number of carbonyl (C=O) groups excluding carboxylic acids is 2. The van der Waals surface area contributed by atoms with Crippen molar-refractivity contribution >= 4 is 11.8 Å². The second-order valence-electron chi connectivity index (χ2n) is 7.70. The summed E-state index contributed by atoms with van der Waals surface area (Å²) in [5.74, 6) is -0.615. The number of nitrogens with one attached hydrogen (secondary N) is 2. The van der Waals surface area contributed by atoms with Crippen LogP contribution in [0.25, 0.3) is 0 Å². The van der Waals surface area contributed by atoms with E-state index in [2.05, 4.69) is 15.6 Å². The number of piperidine rings is 1. The van der Waals surface area contributed by atoms with E-state index in [9.17, 15) is 14.0 Å². The van der Waals surface area contributed by atoms with Crippen LogP contribution in [0.1, 0.15) is 39.3 Å². The van der Waals surface area contributed by atoms with Gasteiger partial charge in [0.15, 0.2) is 0 Å². The number of likely N-dealkylation sites (tertiary alicyclic amines) is 1. The predicted molar refractivity (Wildman–Crippen MR) is 108 cm³/mol. The fourth-order valence-electron chi connectivity index (χ4n) is 3.57. The summed E-state index contributed by atoms with van der Waals surface area (Å²) in [6.07, 6.45) is 3.22. The minimum absolute atomic E-state index is 0.0398. The quantitative estimate of drug-likeness (QED) is 0.755. The summed E-state index contributed by atoms with van der Waals surface area (Å²) in [5.41, 5.74) is 1.66. The van der Waals surface area contributed by atoms with E-state index >= 15 is 0 Å². The molecular formula is C22H25FN4O3. The number of rotatable bonds is 6. The number of pyridine rings is 1. The van der Waals surface area contributed by atoms with E-state index in [-0.39, 0.29) is 29.8 Å². The molecule has 2 fully saturated rings. The Balaban J connectivity index is 1.23. The molecule has 2 aliphatic rings. The smallest absolute Gasteiger partial charge is 0.270 e. The molecule has 2 amide bonds. The Hall–Kier alpha value is -2.84. The van der Waals surface area contributed by atoms with Crippen molar-refractivity contribution < 1.29 is 18.7 Å². The molecule has 2 N–H and O–H groups in total. The molecule has 0 aliphatic carbocycles. The minimum atomic E-state index is -0.275. The summed E-state index contributed by atoms with van der Waals surface area (Å²) in [7, 11) is 0. The fraction of sp³-hybridized carbons (Fsp3) is 0.409. The lowest BCUT2D eigenvalue weighted by Crippen LogP contribution is -2.54. The number of hydrogen-bond acceptors (Lipinski definition) is 5. The lowest BCUT2D eigenvalue weighted by Gasteiger charge is -2.38. The Morgan fingerprint density at radius 3 is 2.53 bits per heavy atom. The lowest BCUT2D eigenvalue weighted by molar-refractivity contribution is -0.0503. The van der Waals surface area contributed by atoms with Crippen molar-refractivity contribution in [1.82, 2.24) is 20.5 Å². The number of halogens is 1. The third-order valence-corrected chi connectivity index (χ3v) is 5.45. The van der Waals surface area contributed by atoms with Gasteiger partial charge in [-0.2, -0.15) is 0 Å². The minimum Gasteiger partial charge on any atom is -0.370 e. The largest absolute Gasteiger partial charge is 0.370 e. The molecule has 158 valence electrons. The van der Waals surface area contributed by atoms with Gasteiger partial charge >= 0.3 is 0 Å². The van der Waals surface area contributed by atoms with Crippen molar-refractivity contribution in [3.05, 3.63) is 65.2 Å². The Morgan fingerprint density at radius 1 is 1.13 bits per heavy atom. The van der Waals surface area contributed by atoms with Gasteiger partial charge in [0.25, 0.3) is 11.8 Å². The van der Waals surface area contributed by atoms with Crippen molar-refractivity contribution in [2.24, 2.45) is 0 Å². The number of hydrogen-bond donors (Lipinski definition) is 2. The zero-order valence-electron chi connectivity index (χ0n) is 16.6. The Morgan fingerprint density at radius 2 is 1.87 bits per heavy atom. The number of benzene rings is 1. The first-order chi connectivity index (χ1) is 14.6. The zero-order valence-corrected chi connectivity index (χ0v) is 16.6. The van der Waals surface area contributed by atoms with E-state index in [0.717, 1.165) is 31.5 Å². The third-order valence-electron chi connectivity index (χ3n) is 5.45. The van der Waals surface area contributed by atoms with Gasteiger partial charge in [0.1, 0.15) is 11.5 Å². The van der Waals surface area contributed by atoms with Crippen LogP contribution >= 0.6 is 0 Å². The highest BCUT2D eigenvalue weighted by Gasteiger charge is 2.32. The summed E-state index contributed by atoms with van der Waals surface area (Å²) < 4.78 is 18.7. The SMILES string of the molecule is O=C(NC1CCNCC1)c1ccc(C(=O)N2CC(OCc3ccc(F)cc3)C2)cn1. The first-order valence-electron chi connectivity index (χ1n) is 10.2. The molecule has 0 spiro atoms. The molecule has 0 atom stereocenters. The summed E-state index contributed by atoms with van der Waals surface area (Å²) in [6.45, 7) is 3.18. The van der Waals surface area contributed by atoms with Gasteiger partial charge in [-0.05, 0) is 55.8 Å². The normalized spacial score (nSPS) is 17.4. The molecule has 0 unspecified atom stereocenters. The molecule has 2 aromatic rings. The predicted octanol–water partition coefficient (Wildman–Crippen LogP) is 1.74. The highest BCUT2D eigenvalue weighted by atomic mass is 19.1. The maximum absolute atomic E-state index is 12.9. The van der Waals surface area contributed by atoms with Gasteiger partial charge in [-0.15, -0.1) is 0 Å². The van der Waals surface area contributed by atoms with Crippen molar-refractivity contribution in [2.75, 3.05) is 26.2 Å². The molecule has 8 heteroatoms. The van der Waals surface area contributed by atoms with Crippen LogP contribution in [-0.2, 0) is 11.3 Å². The maximum atomic E-state index is 12.9. The topological polar surface area (TPSA) is 83.6 Å². The molecule has 0 saturated carbocycles. The second-order valence-corrected chi connectivity index (χ2v) is 7.70. The second kappa shape index (κ2) is 9.32. The van der Waals surface area contributed by atoms with Crippen LogP contribution in [-0.4, -0.2) is 60.0 Å². The number of aromatic nitrogens is 1. The molecule has 3 heterocycles. The first-order valence-corrected chi connectivity index (χ1v) is 10.2. The first kappa shape index (κ1) is 20.4. The number of amides is 2. The van der Waals surface area contributed by atoms with Gasteiger partial charge in [-0.3, -0.25) is 14.6 Å². The highest BCUT2D eigenvalue weighted by Crippen LogP contribution is 2.17. The molecule has 0 radical (unpaired) electrons. The average Bonchev–Trinajstić information content (AvgIpc) is 2.74. The number of carbonyl (C=O) groups is 2. The molecular weight excluding hydrogens is 387 g/mol. The summed E-state index contributed by atoms with van der Waals surface area (Å²) >= 11 is 0. The summed E-state index contributed by atoms with van der Waals surface area (Å²) in [5, 5.41) is 6.25. The van der Waals surface area contributed by atoms with Crippen LogP contribution in [0.4, 0.5) is 4.39 Å². The molecule has 4 rings (SSSR count). The highest BCUT2D eigenvalue weighted by molar-refractivity contribution is 5.96. The zero-order chi connectivity index (χ0) is 20.9. The molecule has 30 heavy (non-hydrogen) atoms. The molecule has 7 nitrogen and oxygen atoms in total. The van der Waals surface area contributed by atoms with Gasteiger partial charge in [0.2, 0.25) is 0 Å². The van der Waals surface area contributed by atoms with E-state index in [1.54, 1.807) is 29.2 Å². The van der Waals surface area contributed by atoms with Gasteiger partial charge in [-0.25, -0.2) is 4.39 Å². The van der Waals surface area contributed by atoms with Crippen molar-refractivity contribution in [2.45, 2.75) is 31.6 Å². The molecule has 1 aromatic heterocycles. The van der Waals surface area contributed by atoms with Crippen LogP contribution < -0.4 is 10.6 Å². The van der Waals surface area contributed by atoms with Gasteiger partial charge in [-0.1, -0.05) is 12.1 Å². The van der Waals surface area contributed by atoms with E-state index < -0.39 is 0 Å². The van der Waals surface area contributed by atoms with Gasteiger partial charge < -0.3 is 20.3 Å². The number of nitrogens with zero attached hydrogens (tertiary/aromatic N) is 2. The molecule has 0 bridgehead atoms. The summed E-state index contributed by atoms with van der Waals surface area (Å²) in [6, 6.07) is 9.56. The van der Waals surface area contributed by atoms with Gasteiger partial charge in [0, 0.05) is 25.3 Å². The van der Waals surface area contributed by atoms with E-state index in [4.69, 9.17) is 4.74 Å². The van der Waals surface area contributed by atoms with Crippen LogP contribution in [0.3, 0.4) is 0 Å². The van der Waals surface area contributed by atoms with Crippen LogP contribution in [0.2, 0.25) is 0 Å². The molecule has 2 saturated heterocycles. The van der Waals surface area contributed by atoms with Crippen molar-refractivity contribution in [1.29, 1.82) is 0 Å². The van der Waals surface area contributed by atoms with Crippen molar-refractivity contribution in [3.8, 4) is 0 Å². The van der Waals surface area contributed by atoms with E-state index in [0.29, 0.717) is 31.0 Å². The van der Waals surface area contributed by atoms with Gasteiger partial charge in [0.05, 0.1) is 18.3 Å². The molecule has 1 aromatic carbocycles. The number of ether oxygens (including phenoxy) is 1. The Bertz CT molecular complexity index is 876. The Labute approximate surface area is 174 Å². The van der Waals surface area contributed by atoms with Crippen LogP contribution in [0, 0.1) is 5.82 Å². The monoisotopic (exact) mass is 412 g/mol. The van der Waals surface area contributed by atoms with E-state index in [1.165, 1.54) is 18.3 Å². The standard InChI is InChI=1S/C22H25FN4O3/c23-17-4-1-15(2-5-17)14-30-19-12-27(13-19)22(29)16-3-6-20(25-11-16)21(28)26-18-7-9-24-10-8-18/h1-6,11,18-19,24H,7-10,12-14H2,(H,26,28). The fourth-order valence-corrected chi connectivity index (χ4v) is 3.57. The van der Waals surface area contributed by atoms with Crippen molar-refractivity contribution in [3.63, 3.8) is 0 Å². The Kier molecular flexibility index (Phi) is 6.35. The lowest BCUT2D eigenvalue weighted by atomic mass is 10.1. The molecule has 2 aliphatic heterocycles. The average molecular weight is 412 g/mol. The van der Waals surface area contributed by atoms with Crippen LogP contribution in [0.5, 0.6) is 0 Å².